The molecular formula is C11H12BrF3O2. The lowest BCUT2D eigenvalue weighted by atomic mass is 10.2. The van der Waals surface area contributed by atoms with E-state index in [1.807, 2.05) is 13.8 Å². The Bertz CT molecular complexity index is 377. The van der Waals surface area contributed by atoms with Crippen LogP contribution < -0.4 is 9.47 Å². The van der Waals surface area contributed by atoms with Gasteiger partial charge in [0.2, 0.25) is 0 Å². The highest BCUT2D eigenvalue weighted by Crippen LogP contribution is 2.33. The third-order valence-electron chi connectivity index (χ3n) is 1.71. The zero-order valence-corrected chi connectivity index (χ0v) is 10.9. The fraction of sp³-hybridized carbons (Fsp3) is 0.455. The normalized spacial score (nSPS) is 11.7. The van der Waals surface area contributed by atoms with Gasteiger partial charge in [-0.1, -0.05) is 13.8 Å². The van der Waals surface area contributed by atoms with Crippen LogP contribution in [0.1, 0.15) is 13.8 Å². The van der Waals surface area contributed by atoms with Crippen molar-refractivity contribution in [3.05, 3.63) is 22.7 Å². The van der Waals surface area contributed by atoms with Crippen LogP contribution in [0.15, 0.2) is 22.7 Å². The predicted octanol–water partition coefficient (Wildman–Crippen LogP) is 4.38. The summed E-state index contributed by atoms with van der Waals surface area (Å²) in [5, 5.41) is 0. The molecule has 6 heteroatoms. The highest BCUT2D eigenvalue weighted by Gasteiger charge is 2.31. The van der Waals surface area contributed by atoms with E-state index < -0.39 is 6.36 Å². The molecule has 96 valence electrons. The maximum Gasteiger partial charge on any atom is 0.573 e. The molecule has 2 nitrogen and oxygen atoms in total. The van der Waals surface area contributed by atoms with Crippen LogP contribution >= 0.6 is 15.9 Å². The molecule has 0 saturated heterocycles. The second-order valence-corrected chi connectivity index (χ2v) is 4.70. The molecule has 0 bridgehead atoms. The summed E-state index contributed by atoms with van der Waals surface area (Å²) in [6.07, 6.45) is -4.69. The Hall–Kier alpha value is -0.910. The minimum atomic E-state index is -4.69. The Morgan fingerprint density at radius 1 is 1.29 bits per heavy atom. The first-order valence-corrected chi connectivity index (χ1v) is 5.75. The number of benzene rings is 1. The van der Waals surface area contributed by atoms with E-state index in [0.29, 0.717) is 18.3 Å². The molecule has 0 radical (unpaired) electrons. The Morgan fingerprint density at radius 2 is 1.94 bits per heavy atom. The maximum absolute atomic E-state index is 12.0. The lowest BCUT2D eigenvalue weighted by molar-refractivity contribution is -0.274. The number of hydrogen-bond donors (Lipinski definition) is 0. The van der Waals surface area contributed by atoms with E-state index in [1.54, 1.807) is 0 Å². The van der Waals surface area contributed by atoms with Crippen molar-refractivity contribution in [2.75, 3.05) is 6.61 Å². The van der Waals surface area contributed by atoms with Crippen molar-refractivity contribution in [3.63, 3.8) is 0 Å². The van der Waals surface area contributed by atoms with Crippen molar-refractivity contribution in [2.24, 2.45) is 5.92 Å². The standard InChI is InChI=1S/C11H12BrF3O2/c1-7(2)6-16-8-3-4-10(9(12)5-8)17-11(13,14)15/h3-5,7H,6H2,1-2H3. The molecule has 17 heavy (non-hydrogen) atoms. The summed E-state index contributed by atoms with van der Waals surface area (Å²) in [5.74, 6) is 0.564. The Labute approximate surface area is 106 Å². The zero-order chi connectivity index (χ0) is 13.1. The average Bonchev–Trinajstić information content (AvgIpc) is 2.17. The van der Waals surface area contributed by atoms with Crippen molar-refractivity contribution in [2.45, 2.75) is 20.2 Å². The van der Waals surface area contributed by atoms with Crippen LogP contribution in [-0.4, -0.2) is 13.0 Å². The molecule has 0 N–H and O–H groups in total. The van der Waals surface area contributed by atoms with E-state index >= 15 is 0 Å². The van der Waals surface area contributed by atoms with Gasteiger partial charge in [0.1, 0.15) is 11.5 Å². The van der Waals surface area contributed by atoms with E-state index in [2.05, 4.69) is 20.7 Å². The topological polar surface area (TPSA) is 18.5 Å². The van der Waals surface area contributed by atoms with Gasteiger partial charge in [0.05, 0.1) is 11.1 Å². The van der Waals surface area contributed by atoms with E-state index in [-0.39, 0.29) is 10.2 Å². The number of rotatable bonds is 4. The van der Waals surface area contributed by atoms with E-state index in [1.165, 1.54) is 18.2 Å². The average molecular weight is 313 g/mol. The molecule has 1 aromatic carbocycles. The van der Waals surface area contributed by atoms with Crippen LogP contribution in [0, 0.1) is 5.92 Å². The minimum absolute atomic E-state index is 0.205. The molecule has 0 heterocycles. The molecule has 0 fully saturated rings. The van der Waals surface area contributed by atoms with Crippen molar-refractivity contribution >= 4 is 15.9 Å². The fourth-order valence-electron chi connectivity index (χ4n) is 1.04. The summed E-state index contributed by atoms with van der Waals surface area (Å²) < 4.78 is 45.4. The van der Waals surface area contributed by atoms with Crippen LogP contribution in [-0.2, 0) is 0 Å². The third-order valence-corrected chi connectivity index (χ3v) is 2.33. The van der Waals surface area contributed by atoms with Gasteiger partial charge in [-0.15, -0.1) is 13.2 Å². The quantitative estimate of drug-likeness (QED) is 0.821. The lowest BCUT2D eigenvalue weighted by Gasteiger charge is -2.13. The zero-order valence-electron chi connectivity index (χ0n) is 9.34. The smallest absolute Gasteiger partial charge is 0.493 e. The maximum atomic E-state index is 12.0. The van der Waals surface area contributed by atoms with Crippen LogP contribution in [0.5, 0.6) is 11.5 Å². The van der Waals surface area contributed by atoms with Gasteiger partial charge in [-0.05, 0) is 40.0 Å². The molecule has 0 aromatic heterocycles. The molecule has 0 aliphatic rings. The molecule has 0 unspecified atom stereocenters. The van der Waals surface area contributed by atoms with Gasteiger partial charge in [-0.25, -0.2) is 0 Å². The Kier molecular flexibility index (Phi) is 4.68. The largest absolute Gasteiger partial charge is 0.573 e. The van der Waals surface area contributed by atoms with Crippen LogP contribution in [0.3, 0.4) is 0 Å². The first-order chi connectivity index (χ1) is 7.78. The van der Waals surface area contributed by atoms with Gasteiger partial charge in [0.15, 0.2) is 0 Å². The number of ether oxygens (including phenoxy) is 2. The number of halogens is 4. The Balaban J connectivity index is 2.72. The van der Waals surface area contributed by atoms with E-state index in [4.69, 9.17) is 4.74 Å². The van der Waals surface area contributed by atoms with E-state index in [0.717, 1.165) is 0 Å². The SMILES string of the molecule is CC(C)COc1ccc(OC(F)(F)F)c(Br)c1. The van der Waals surface area contributed by atoms with Gasteiger partial charge in [0.25, 0.3) is 0 Å². The van der Waals surface area contributed by atoms with Crippen molar-refractivity contribution in [1.29, 1.82) is 0 Å². The van der Waals surface area contributed by atoms with Crippen LogP contribution in [0.4, 0.5) is 13.2 Å². The monoisotopic (exact) mass is 312 g/mol. The molecule has 0 aliphatic heterocycles. The fourth-order valence-corrected chi connectivity index (χ4v) is 1.48. The van der Waals surface area contributed by atoms with Gasteiger partial charge < -0.3 is 9.47 Å². The molecule has 0 atom stereocenters. The van der Waals surface area contributed by atoms with Crippen LogP contribution in [0.25, 0.3) is 0 Å². The van der Waals surface area contributed by atoms with Gasteiger partial charge >= 0.3 is 6.36 Å². The first kappa shape index (κ1) is 14.2. The molecule has 1 rings (SSSR count). The van der Waals surface area contributed by atoms with Crippen molar-refractivity contribution < 1.29 is 22.6 Å². The highest BCUT2D eigenvalue weighted by molar-refractivity contribution is 9.10. The summed E-state index contributed by atoms with van der Waals surface area (Å²) in [4.78, 5) is 0. The molecule has 0 amide bonds. The van der Waals surface area contributed by atoms with Crippen LogP contribution in [0.2, 0.25) is 0 Å². The molecule has 0 spiro atoms. The van der Waals surface area contributed by atoms with E-state index in [9.17, 15) is 13.2 Å². The summed E-state index contributed by atoms with van der Waals surface area (Å²) in [7, 11) is 0. The highest BCUT2D eigenvalue weighted by atomic mass is 79.9. The van der Waals surface area contributed by atoms with Gasteiger partial charge in [-0.2, -0.15) is 0 Å². The second kappa shape index (κ2) is 5.62. The van der Waals surface area contributed by atoms with Gasteiger partial charge in [-0.3, -0.25) is 0 Å². The molecular weight excluding hydrogens is 301 g/mol. The molecule has 0 saturated carbocycles. The summed E-state index contributed by atoms with van der Waals surface area (Å²) in [5.41, 5.74) is 0. The summed E-state index contributed by atoms with van der Waals surface area (Å²) in [6, 6.07) is 4.10. The molecule has 0 aliphatic carbocycles. The predicted molar refractivity (Wildman–Crippen MR) is 61.2 cm³/mol. The first-order valence-electron chi connectivity index (χ1n) is 4.96. The Morgan fingerprint density at radius 3 is 2.41 bits per heavy atom. The lowest BCUT2D eigenvalue weighted by Crippen LogP contribution is -2.17. The second-order valence-electron chi connectivity index (χ2n) is 3.84. The summed E-state index contributed by atoms with van der Waals surface area (Å²) >= 11 is 3.00. The summed E-state index contributed by atoms with van der Waals surface area (Å²) in [6.45, 7) is 4.47. The molecule has 1 aromatic rings. The van der Waals surface area contributed by atoms with Crippen molar-refractivity contribution in [3.8, 4) is 11.5 Å². The number of hydrogen-bond acceptors (Lipinski definition) is 2. The van der Waals surface area contributed by atoms with Gasteiger partial charge in [0, 0.05) is 0 Å². The number of alkyl halides is 3. The third kappa shape index (κ3) is 5.30. The minimum Gasteiger partial charge on any atom is -0.493 e. The van der Waals surface area contributed by atoms with Crippen molar-refractivity contribution in [1.82, 2.24) is 0 Å².